The lowest BCUT2D eigenvalue weighted by molar-refractivity contribution is -0.134. The van der Waals surface area contributed by atoms with Gasteiger partial charge < -0.3 is 4.74 Å². The van der Waals surface area contributed by atoms with Crippen LogP contribution >= 0.6 is 11.6 Å². The fourth-order valence-corrected chi connectivity index (χ4v) is 1.89. The summed E-state index contributed by atoms with van der Waals surface area (Å²) in [6, 6.07) is 8.82. The van der Waals surface area contributed by atoms with Crippen LogP contribution in [0.25, 0.3) is 0 Å². The Hall–Kier alpha value is -2.40. The molecule has 0 spiro atoms. The van der Waals surface area contributed by atoms with Crippen LogP contribution in [-0.2, 0) is 4.79 Å². The number of nitrogens with zero attached hydrogens (tertiary/aromatic N) is 2. The number of carbonyl (C=O) groups excluding carboxylic acids is 1. The van der Waals surface area contributed by atoms with E-state index in [1.807, 2.05) is 6.92 Å². The van der Waals surface area contributed by atoms with Crippen molar-refractivity contribution in [2.24, 2.45) is 5.10 Å². The van der Waals surface area contributed by atoms with Crippen LogP contribution < -0.4 is 10.2 Å². The number of pyridine rings is 1. The van der Waals surface area contributed by atoms with Crippen LogP contribution in [0, 0.1) is 6.92 Å². The molecule has 0 unspecified atom stereocenters. The van der Waals surface area contributed by atoms with Crippen molar-refractivity contribution in [2.75, 3.05) is 0 Å². The zero-order chi connectivity index (χ0) is 16.9. The van der Waals surface area contributed by atoms with Gasteiger partial charge in [0.05, 0.1) is 6.21 Å². The lowest BCUT2D eigenvalue weighted by Gasteiger charge is -2.24. The predicted molar refractivity (Wildman–Crippen MR) is 90.9 cm³/mol. The Morgan fingerprint density at radius 1 is 1.30 bits per heavy atom. The number of hydrogen-bond acceptors (Lipinski definition) is 4. The van der Waals surface area contributed by atoms with E-state index in [9.17, 15) is 4.79 Å². The summed E-state index contributed by atoms with van der Waals surface area (Å²) >= 11 is 5.98. The van der Waals surface area contributed by atoms with Gasteiger partial charge in [-0.15, -0.1) is 0 Å². The summed E-state index contributed by atoms with van der Waals surface area (Å²) in [7, 11) is 0. The minimum Gasteiger partial charge on any atom is -0.478 e. The first-order chi connectivity index (χ1) is 10.9. The Kier molecular flexibility index (Phi) is 5.34. The first-order valence-corrected chi connectivity index (χ1v) is 7.45. The zero-order valence-corrected chi connectivity index (χ0v) is 14.0. The molecule has 1 heterocycles. The standard InChI is InChI=1S/C17H18ClN3O2/c1-12-10-14(4-5-15(12)18)23-17(2,3)16(22)21-20-11-13-6-8-19-9-7-13/h4-11H,1-3H3,(H,21,22)/b20-11+. The van der Waals surface area contributed by atoms with E-state index in [0.29, 0.717) is 10.8 Å². The molecule has 23 heavy (non-hydrogen) atoms. The van der Waals surface area contributed by atoms with Crippen LogP contribution in [0.4, 0.5) is 0 Å². The van der Waals surface area contributed by atoms with Crippen molar-refractivity contribution in [3.05, 3.63) is 58.9 Å². The summed E-state index contributed by atoms with van der Waals surface area (Å²) in [5, 5.41) is 4.58. The van der Waals surface area contributed by atoms with Gasteiger partial charge in [-0.3, -0.25) is 9.78 Å². The normalized spacial score (nSPS) is 11.5. The average molecular weight is 332 g/mol. The van der Waals surface area contributed by atoms with Crippen molar-refractivity contribution in [3.63, 3.8) is 0 Å². The number of nitrogens with one attached hydrogen (secondary N) is 1. The average Bonchev–Trinajstić information content (AvgIpc) is 2.51. The van der Waals surface area contributed by atoms with Gasteiger partial charge >= 0.3 is 0 Å². The number of carbonyl (C=O) groups is 1. The van der Waals surface area contributed by atoms with Crippen LogP contribution in [0.2, 0.25) is 5.02 Å². The Bertz CT molecular complexity index is 715. The molecule has 5 nitrogen and oxygen atoms in total. The van der Waals surface area contributed by atoms with Crippen LogP contribution in [0.1, 0.15) is 25.0 Å². The predicted octanol–water partition coefficient (Wildman–Crippen LogP) is 3.35. The maximum Gasteiger partial charge on any atom is 0.283 e. The van der Waals surface area contributed by atoms with Crippen molar-refractivity contribution >= 4 is 23.7 Å². The largest absolute Gasteiger partial charge is 0.478 e. The second kappa shape index (κ2) is 7.24. The summed E-state index contributed by atoms with van der Waals surface area (Å²) in [6.07, 6.45) is 4.85. The fraction of sp³-hybridized carbons (Fsp3) is 0.235. The molecule has 2 aromatic rings. The van der Waals surface area contributed by atoms with Gasteiger partial charge in [0.15, 0.2) is 5.60 Å². The van der Waals surface area contributed by atoms with Crippen molar-refractivity contribution in [2.45, 2.75) is 26.4 Å². The van der Waals surface area contributed by atoms with E-state index in [1.165, 1.54) is 0 Å². The topological polar surface area (TPSA) is 63.6 Å². The molecule has 0 saturated heterocycles. The van der Waals surface area contributed by atoms with Crippen LogP contribution in [0.5, 0.6) is 5.75 Å². The van der Waals surface area contributed by atoms with E-state index in [2.05, 4.69) is 15.5 Å². The molecule has 0 fully saturated rings. The van der Waals surface area contributed by atoms with Crippen LogP contribution in [0.3, 0.4) is 0 Å². The Morgan fingerprint density at radius 3 is 2.65 bits per heavy atom. The molecular weight excluding hydrogens is 314 g/mol. The third-order valence-corrected chi connectivity index (χ3v) is 3.56. The molecular formula is C17H18ClN3O2. The SMILES string of the molecule is Cc1cc(OC(C)(C)C(=O)N/N=C/c2ccncc2)ccc1Cl. The number of benzene rings is 1. The van der Waals surface area contributed by atoms with Gasteiger partial charge in [0.1, 0.15) is 5.75 Å². The second-order valence-corrected chi connectivity index (χ2v) is 5.91. The lowest BCUT2D eigenvalue weighted by Crippen LogP contribution is -2.44. The summed E-state index contributed by atoms with van der Waals surface area (Å²) < 4.78 is 5.75. The quantitative estimate of drug-likeness (QED) is 0.675. The molecule has 0 aliphatic rings. The van der Waals surface area contributed by atoms with Gasteiger partial charge in [0, 0.05) is 17.4 Å². The highest BCUT2D eigenvalue weighted by molar-refractivity contribution is 6.31. The number of hydrazone groups is 1. The molecule has 1 N–H and O–H groups in total. The van der Waals surface area contributed by atoms with E-state index in [4.69, 9.17) is 16.3 Å². The number of amides is 1. The lowest BCUT2D eigenvalue weighted by atomic mass is 10.1. The van der Waals surface area contributed by atoms with E-state index >= 15 is 0 Å². The van der Waals surface area contributed by atoms with Gasteiger partial charge in [-0.05, 0) is 62.2 Å². The molecule has 2 rings (SSSR count). The monoisotopic (exact) mass is 331 g/mol. The number of halogens is 1. The number of aryl methyl sites for hydroxylation is 1. The molecule has 0 aliphatic heterocycles. The Balaban J connectivity index is 1.99. The van der Waals surface area contributed by atoms with Gasteiger partial charge in [0.25, 0.3) is 5.91 Å². The molecule has 0 aliphatic carbocycles. The summed E-state index contributed by atoms with van der Waals surface area (Å²) in [5.74, 6) is 0.223. The van der Waals surface area contributed by atoms with Gasteiger partial charge in [0.2, 0.25) is 0 Å². The molecule has 0 atom stereocenters. The first-order valence-electron chi connectivity index (χ1n) is 7.07. The van der Waals surface area contributed by atoms with E-state index < -0.39 is 5.60 Å². The van der Waals surface area contributed by atoms with Crippen LogP contribution in [-0.4, -0.2) is 22.7 Å². The number of hydrogen-bond donors (Lipinski definition) is 1. The highest BCUT2D eigenvalue weighted by atomic mass is 35.5. The van der Waals surface area contributed by atoms with Crippen molar-refractivity contribution < 1.29 is 9.53 Å². The molecule has 1 aromatic carbocycles. The van der Waals surface area contributed by atoms with Crippen molar-refractivity contribution in [1.29, 1.82) is 0 Å². The molecule has 1 amide bonds. The Labute approximate surface area is 140 Å². The van der Waals surface area contributed by atoms with E-state index in [0.717, 1.165) is 11.1 Å². The molecule has 0 radical (unpaired) electrons. The summed E-state index contributed by atoms with van der Waals surface area (Å²) in [4.78, 5) is 16.1. The zero-order valence-electron chi connectivity index (χ0n) is 13.2. The smallest absolute Gasteiger partial charge is 0.283 e. The fourth-order valence-electron chi connectivity index (χ4n) is 1.77. The number of rotatable bonds is 5. The minimum absolute atomic E-state index is 0.351. The van der Waals surface area contributed by atoms with Gasteiger partial charge in [-0.1, -0.05) is 11.6 Å². The molecule has 1 aromatic heterocycles. The molecule has 6 heteroatoms. The van der Waals surface area contributed by atoms with E-state index in [1.54, 1.807) is 62.8 Å². The first kappa shape index (κ1) is 17.0. The van der Waals surface area contributed by atoms with Gasteiger partial charge in [-0.25, -0.2) is 5.43 Å². The number of ether oxygens (including phenoxy) is 1. The maximum atomic E-state index is 12.2. The van der Waals surface area contributed by atoms with Crippen molar-refractivity contribution in [3.8, 4) is 5.75 Å². The van der Waals surface area contributed by atoms with E-state index in [-0.39, 0.29) is 5.91 Å². The summed E-state index contributed by atoms with van der Waals surface area (Å²) in [5.41, 5.74) is 3.13. The number of aromatic nitrogens is 1. The van der Waals surface area contributed by atoms with Gasteiger partial charge in [-0.2, -0.15) is 5.10 Å². The highest BCUT2D eigenvalue weighted by Gasteiger charge is 2.30. The molecule has 0 saturated carbocycles. The third-order valence-electron chi connectivity index (χ3n) is 3.14. The Morgan fingerprint density at radius 2 is 2.00 bits per heavy atom. The maximum absolute atomic E-state index is 12.2. The third kappa shape index (κ3) is 4.79. The second-order valence-electron chi connectivity index (χ2n) is 5.50. The van der Waals surface area contributed by atoms with Crippen LogP contribution in [0.15, 0.2) is 47.8 Å². The highest BCUT2D eigenvalue weighted by Crippen LogP contribution is 2.24. The van der Waals surface area contributed by atoms with Crippen molar-refractivity contribution in [1.82, 2.24) is 10.4 Å². The molecule has 0 bridgehead atoms. The summed E-state index contributed by atoms with van der Waals surface area (Å²) in [6.45, 7) is 5.23. The molecule has 120 valence electrons. The minimum atomic E-state index is -1.07.